The summed E-state index contributed by atoms with van der Waals surface area (Å²) in [5, 5.41) is 0.597. The van der Waals surface area contributed by atoms with Gasteiger partial charge in [-0.2, -0.15) is 0 Å². The molecule has 0 bridgehead atoms. The van der Waals surface area contributed by atoms with E-state index in [-0.39, 0.29) is 0 Å². The highest BCUT2D eigenvalue weighted by Gasteiger charge is 2.04. The Morgan fingerprint density at radius 3 is 2.62 bits per heavy atom. The topological polar surface area (TPSA) is 9.23 Å². The van der Waals surface area contributed by atoms with E-state index in [9.17, 15) is 0 Å². The molecule has 1 nitrogen and oxygen atoms in total. The van der Waals surface area contributed by atoms with Gasteiger partial charge in [-0.05, 0) is 44.6 Å². The minimum Gasteiger partial charge on any atom is -0.483 e. The van der Waals surface area contributed by atoms with E-state index in [0.717, 1.165) is 5.56 Å². The van der Waals surface area contributed by atoms with Crippen molar-refractivity contribution in [2.45, 2.75) is 20.8 Å². The third kappa shape index (κ3) is 2.52. The van der Waals surface area contributed by atoms with Crippen LogP contribution in [0.4, 0.5) is 0 Å². The monoisotopic (exact) mass is 194 g/mol. The molecule has 0 atom stereocenters. The van der Waals surface area contributed by atoms with Crippen LogP contribution in [0.3, 0.4) is 0 Å². The number of thiocarbonyl (C=S) groups is 1. The average molecular weight is 194 g/mol. The van der Waals surface area contributed by atoms with Crippen molar-refractivity contribution in [1.82, 2.24) is 0 Å². The zero-order valence-electron chi connectivity index (χ0n) is 8.26. The lowest BCUT2D eigenvalue weighted by Gasteiger charge is -2.08. The smallest absolute Gasteiger partial charge is 0.191 e. The number of rotatable bonds is 2. The van der Waals surface area contributed by atoms with Crippen LogP contribution < -0.4 is 0 Å². The van der Waals surface area contributed by atoms with Crippen molar-refractivity contribution in [3.63, 3.8) is 0 Å². The second-order valence-corrected chi connectivity index (χ2v) is 3.41. The molecule has 0 heterocycles. The van der Waals surface area contributed by atoms with Crippen LogP contribution in [0.1, 0.15) is 23.6 Å². The molecule has 13 heavy (non-hydrogen) atoms. The van der Waals surface area contributed by atoms with Crippen molar-refractivity contribution in [3.8, 4) is 0 Å². The van der Waals surface area contributed by atoms with E-state index in [1.165, 1.54) is 11.1 Å². The summed E-state index contributed by atoms with van der Waals surface area (Å²) in [6.07, 6.45) is 0. The van der Waals surface area contributed by atoms with E-state index >= 15 is 0 Å². The number of aryl methyl sites for hydroxylation is 2. The largest absolute Gasteiger partial charge is 0.483 e. The fraction of sp³-hybridized carbons (Fsp3) is 0.364. The molecular formula is C11H14OS. The maximum absolute atomic E-state index is 5.28. The summed E-state index contributed by atoms with van der Waals surface area (Å²) in [4.78, 5) is 0. The minimum absolute atomic E-state index is 0.597. The molecule has 0 aliphatic carbocycles. The zero-order chi connectivity index (χ0) is 9.84. The number of hydrogen-bond acceptors (Lipinski definition) is 2. The van der Waals surface area contributed by atoms with Crippen LogP contribution in [0.5, 0.6) is 0 Å². The van der Waals surface area contributed by atoms with E-state index < -0.39 is 0 Å². The van der Waals surface area contributed by atoms with Gasteiger partial charge in [-0.15, -0.1) is 0 Å². The van der Waals surface area contributed by atoms with Crippen LogP contribution in [0.25, 0.3) is 0 Å². The predicted molar refractivity (Wildman–Crippen MR) is 59.2 cm³/mol. The second kappa shape index (κ2) is 4.38. The first kappa shape index (κ1) is 10.2. The van der Waals surface area contributed by atoms with E-state index in [1.54, 1.807) is 0 Å². The van der Waals surface area contributed by atoms with Gasteiger partial charge in [-0.25, -0.2) is 0 Å². The van der Waals surface area contributed by atoms with Gasteiger partial charge in [-0.1, -0.05) is 17.7 Å². The van der Waals surface area contributed by atoms with Gasteiger partial charge in [0.15, 0.2) is 5.05 Å². The molecule has 0 aliphatic heterocycles. The number of hydrogen-bond donors (Lipinski definition) is 0. The van der Waals surface area contributed by atoms with Crippen LogP contribution in [0.2, 0.25) is 0 Å². The molecule has 0 N–H and O–H groups in total. The molecular weight excluding hydrogens is 180 g/mol. The SMILES string of the molecule is CCOC(=S)c1ccc(C)cc1C. The molecule has 0 aromatic heterocycles. The Hall–Kier alpha value is -0.890. The maximum Gasteiger partial charge on any atom is 0.191 e. The molecule has 2 heteroatoms. The fourth-order valence-electron chi connectivity index (χ4n) is 1.25. The predicted octanol–water partition coefficient (Wildman–Crippen LogP) is 3.02. The molecule has 0 spiro atoms. The summed E-state index contributed by atoms with van der Waals surface area (Å²) in [6.45, 7) is 6.69. The van der Waals surface area contributed by atoms with Gasteiger partial charge in [0.05, 0.1) is 6.61 Å². The van der Waals surface area contributed by atoms with Gasteiger partial charge < -0.3 is 4.74 Å². The summed E-state index contributed by atoms with van der Waals surface area (Å²) >= 11 is 5.13. The molecule has 0 unspecified atom stereocenters. The Morgan fingerprint density at radius 2 is 2.08 bits per heavy atom. The molecule has 1 rings (SSSR count). The maximum atomic E-state index is 5.28. The standard InChI is InChI=1S/C11H14OS/c1-4-12-11(13)10-6-5-8(2)7-9(10)3/h5-7H,4H2,1-3H3. The average Bonchev–Trinajstić information content (AvgIpc) is 2.04. The van der Waals surface area contributed by atoms with Crippen molar-refractivity contribution in [2.75, 3.05) is 6.61 Å². The van der Waals surface area contributed by atoms with Gasteiger partial charge in [0.1, 0.15) is 0 Å². The van der Waals surface area contributed by atoms with Crippen LogP contribution in [0, 0.1) is 13.8 Å². The van der Waals surface area contributed by atoms with E-state index in [4.69, 9.17) is 17.0 Å². The van der Waals surface area contributed by atoms with Crippen molar-refractivity contribution in [3.05, 3.63) is 34.9 Å². The van der Waals surface area contributed by atoms with Crippen LogP contribution in [0.15, 0.2) is 18.2 Å². The van der Waals surface area contributed by atoms with Crippen LogP contribution in [-0.4, -0.2) is 11.7 Å². The first-order valence-electron chi connectivity index (χ1n) is 4.39. The van der Waals surface area contributed by atoms with Gasteiger partial charge in [0, 0.05) is 5.56 Å². The normalized spacial score (nSPS) is 9.77. The third-order valence-electron chi connectivity index (χ3n) is 1.88. The van der Waals surface area contributed by atoms with Gasteiger partial charge in [0.2, 0.25) is 0 Å². The third-order valence-corrected chi connectivity index (χ3v) is 2.22. The summed E-state index contributed by atoms with van der Waals surface area (Å²) < 4.78 is 5.28. The Bertz CT molecular complexity index is 318. The molecule has 0 fully saturated rings. The van der Waals surface area contributed by atoms with Gasteiger partial charge in [-0.3, -0.25) is 0 Å². The lowest BCUT2D eigenvalue weighted by atomic mass is 10.1. The van der Waals surface area contributed by atoms with E-state index in [2.05, 4.69) is 13.0 Å². The molecule has 0 radical (unpaired) electrons. The summed E-state index contributed by atoms with van der Waals surface area (Å²) in [5.41, 5.74) is 3.46. The zero-order valence-corrected chi connectivity index (χ0v) is 9.07. The lowest BCUT2D eigenvalue weighted by molar-refractivity contribution is 0.337. The van der Waals surface area contributed by atoms with E-state index in [1.807, 2.05) is 26.0 Å². The van der Waals surface area contributed by atoms with Crippen LogP contribution in [-0.2, 0) is 4.74 Å². The number of benzene rings is 1. The molecule has 1 aromatic carbocycles. The van der Waals surface area contributed by atoms with E-state index in [0.29, 0.717) is 11.7 Å². The molecule has 0 saturated carbocycles. The molecule has 1 aromatic rings. The molecule has 0 saturated heterocycles. The summed E-state index contributed by atoms with van der Waals surface area (Å²) in [6, 6.07) is 6.18. The minimum atomic E-state index is 0.597. The second-order valence-electron chi connectivity index (χ2n) is 3.04. The van der Waals surface area contributed by atoms with Gasteiger partial charge in [0.25, 0.3) is 0 Å². The number of ether oxygens (including phenoxy) is 1. The quantitative estimate of drug-likeness (QED) is 0.669. The highest BCUT2D eigenvalue weighted by atomic mass is 32.1. The Labute approximate surface area is 84.7 Å². The molecule has 70 valence electrons. The Morgan fingerprint density at radius 1 is 1.38 bits per heavy atom. The fourth-order valence-corrected chi connectivity index (χ4v) is 1.60. The van der Waals surface area contributed by atoms with Crippen molar-refractivity contribution in [2.24, 2.45) is 0 Å². The van der Waals surface area contributed by atoms with Crippen molar-refractivity contribution >= 4 is 17.3 Å². The van der Waals surface area contributed by atoms with Crippen molar-refractivity contribution < 1.29 is 4.74 Å². The Kier molecular flexibility index (Phi) is 3.43. The van der Waals surface area contributed by atoms with Crippen molar-refractivity contribution in [1.29, 1.82) is 0 Å². The first-order valence-corrected chi connectivity index (χ1v) is 4.80. The van der Waals surface area contributed by atoms with Crippen LogP contribution >= 0.6 is 12.2 Å². The Balaban J connectivity index is 2.95. The molecule has 0 amide bonds. The summed E-state index contributed by atoms with van der Waals surface area (Å²) in [7, 11) is 0. The highest BCUT2D eigenvalue weighted by molar-refractivity contribution is 7.80. The highest BCUT2D eigenvalue weighted by Crippen LogP contribution is 2.12. The first-order chi connectivity index (χ1) is 6.15. The van der Waals surface area contributed by atoms with Gasteiger partial charge >= 0.3 is 0 Å². The lowest BCUT2D eigenvalue weighted by Crippen LogP contribution is -2.05. The summed E-state index contributed by atoms with van der Waals surface area (Å²) in [5.74, 6) is 0. The molecule has 0 aliphatic rings.